The molecule has 2 fully saturated rings. The number of carbonyl (C=O) groups excluding carboxylic acids is 3. The second-order valence-corrected chi connectivity index (χ2v) is 10.4. The van der Waals surface area contributed by atoms with Crippen molar-refractivity contribution in [1.82, 2.24) is 20.0 Å². The second-order valence-electron chi connectivity index (χ2n) is 10.4. The van der Waals surface area contributed by atoms with E-state index in [0.717, 1.165) is 27.5 Å². The molecule has 1 unspecified atom stereocenters. The summed E-state index contributed by atoms with van der Waals surface area (Å²) in [4.78, 5) is 46.1. The van der Waals surface area contributed by atoms with E-state index in [1.54, 1.807) is 9.80 Å². The maximum atomic E-state index is 14.1. The molecule has 1 N–H and O–H groups in total. The molecule has 0 saturated carbocycles. The van der Waals surface area contributed by atoms with E-state index in [1.807, 2.05) is 83.8 Å². The lowest BCUT2D eigenvalue weighted by molar-refractivity contribution is -0.167. The van der Waals surface area contributed by atoms with Gasteiger partial charge in [0, 0.05) is 32.5 Å². The first kappa shape index (κ1) is 25.6. The van der Waals surface area contributed by atoms with Gasteiger partial charge in [0.25, 0.3) is 0 Å². The van der Waals surface area contributed by atoms with Gasteiger partial charge >= 0.3 is 6.03 Å². The average Bonchev–Trinajstić information content (AvgIpc) is 2.99. The molecule has 7 heteroatoms. The fraction of sp³-hybridized carbons (Fsp3) is 0.242. The predicted molar refractivity (Wildman–Crippen MR) is 153 cm³/mol. The summed E-state index contributed by atoms with van der Waals surface area (Å²) >= 11 is 0. The first-order valence-corrected chi connectivity index (χ1v) is 13.7. The molecule has 6 rings (SSSR count). The summed E-state index contributed by atoms with van der Waals surface area (Å²) in [6, 6.07) is 33.5. The molecule has 2 atom stereocenters. The van der Waals surface area contributed by atoms with Gasteiger partial charge in [-0.25, -0.2) is 4.79 Å². The summed E-state index contributed by atoms with van der Waals surface area (Å²) in [5.74, 6) is -0.195. The Kier molecular flexibility index (Phi) is 7.19. The zero-order chi connectivity index (χ0) is 27.5. The molecule has 2 heterocycles. The quantitative estimate of drug-likeness (QED) is 0.402. The normalized spacial score (nSPS) is 19.1. The van der Waals surface area contributed by atoms with Crippen molar-refractivity contribution >= 4 is 28.6 Å². The number of hydrogen-bond donors (Lipinski definition) is 1. The molecular weight excluding hydrogens is 500 g/mol. The second kappa shape index (κ2) is 11.2. The van der Waals surface area contributed by atoms with Crippen molar-refractivity contribution in [1.29, 1.82) is 0 Å². The van der Waals surface area contributed by atoms with Gasteiger partial charge in [-0.15, -0.1) is 0 Å². The third kappa shape index (κ3) is 5.15. The van der Waals surface area contributed by atoms with Gasteiger partial charge in [-0.3, -0.25) is 9.59 Å². The van der Waals surface area contributed by atoms with Gasteiger partial charge < -0.3 is 20.0 Å². The maximum absolute atomic E-state index is 14.1. The van der Waals surface area contributed by atoms with Crippen LogP contribution in [0.5, 0.6) is 0 Å². The number of piperazine rings is 1. The minimum absolute atomic E-state index is 0.0947. The smallest absolute Gasteiger partial charge is 0.319 e. The Bertz CT molecular complexity index is 1520. The highest BCUT2D eigenvalue weighted by Gasteiger charge is 2.48. The molecule has 201 valence electrons. The van der Waals surface area contributed by atoms with Crippen LogP contribution in [0.3, 0.4) is 0 Å². The topological polar surface area (TPSA) is 73.0 Å². The number of carbonyl (C=O) groups is 3. The molecule has 4 amide bonds. The number of urea groups is 1. The maximum Gasteiger partial charge on any atom is 0.319 e. The Hall–Kier alpha value is -4.65. The van der Waals surface area contributed by atoms with Crippen molar-refractivity contribution in [2.75, 3.05) is 13.1 Å². The Labute approximate surface area is 234 Å². The minimum Gasteiger partial charge on any atom is -0.334 e. The van der Waals surface area contributed by atoms with Crippen LogP contribution in [-0.2, 0) is 29.1 Å². The van der Waals surface area contributed by atoms with E-state index < -0.39 is 12.2 Å². The van der Waals surface area contributed by atoms with Crippen molar-refractivity contribution in [2.45, 2.75) is 38.1 Å². The molecule has 2 aliphatic rings. The Morgan fingerprint density at radius 2 is 1.62 bits per heavy atom. The Morgan fingerprint density at radius 1 is 0.875 bits per heavy atom. The standard InChI is InChI=1S/C33H31N4O3/c38-31-18-19-36(33(40)34-21-25-12-5-2-6-13-25)30-23-35(22-27-16-9-15-26-14-7-8-17-28(26)27)32(39)29(37(30)31)20-24-10-3-1-4-11-24/h2-17,29-30H,18-23H2,(H,34,40)/t29-,30?/m0/s1. The zero-order valence-corrected chi connectivity index (χ0v) is 22.2. The van der Waals surface area contributed by atoms with Crippen molar-refractivity contribution in [3.63, 3.8) is 0 Å². The summed E-state index contributed by atoms with van der Waals surface area (Å²) in [5.41, 5.74) is 2.98. The molecular formula is C33H31N4O3. The molecule has 0 aliphatic carbocycles. The van der Waals surface area contributed by atoms with Crippen LogP contribution in [0.2, 0.25) is 0 Å². The van der Waals surface area contributed by atoms with Crippen LogP contribution in [0.25, 0.3) is 10.8 Å². The monoisotopic (exact) mass is 531 g/mol. The van der Waals surface area contributed by atoms with Crippen LogP contribution in [0.1, 0.15) is 23.1 Å². The molecule has 7 nitrogen and oxygen atoms in total. The first-order valence-electron chi connectivity index (χ1n) is 13.7. The van der Waals surface area contributed by atoms with Gasteiger partial charge in [0.05, 0.1) is 6.54 Å². The lowest BCUT2D eigenvalue weighted by atomic mass is 9.96. The summed E-state index contributed by atoms with van der Waals surface area (Å²) < 4.78 is 0. The highest BCUT2D eigenvalue weighted by atomic mass is 16.2. The summed E-state index contributed by atoms with van der Waals surface area (Å²) in [5, 5.41) is 5.22. The number of nitrogens with one attached hydrogen (secondary N) is 1. The number of nitrogens with zero attached hydrogens (tertiary/aromatic N) is 3. The molecule has 40 heavy (non-hydrogen) atoms. The van der Waals surface area contributed by atoms with Crippen LogP contribution in [-0.4, -0.2) is 57.8 Å². The molecule has 4 aromatic carbocycles. The SMILES string of the molecule is O=C1[C@H](Cc2cc[c]cc2)N2C(=O)CCN(C(=O)NCc3ccccc3)C2CN1Cc1cccc2ccccc12. The van der Waals surface area contributed by atoms with Crippen LogP contribution >= 0.6 is 0 Å². The zero-order valence-electron chi connectivity index (χ0n) is 22.2. The van der Waals surface area contributed by atoms with Gasteiger partial charge in [0.2, 0.25) is 11.8 Å². The average molecular weight is 532 g/mol. The third-order valence-corrected chi connectivity index (χ3v) is 7.86. The van der Waals surface area contributed by atoms with Crippen LogP contribution in [0, 0.1) is 6.07 Å². The summed E-state index contributed by atoms with van der Waals surface area (Å²) in [7, 11) is 0. The van der Waals surface area contributed by atoms with Crippen LogP contribution < -0.4 is 5.32 Å². The fourth-order valence-electron chi connectivity index (χ4n) is 5.85. The minimum atomic E-state index is -0.701. The molecule has 0 aromatic heterocycles. The molecule has 1 radical (unpaired) electrons. The van der Waals surface area contributed by atoms with Crippen molar-refractivity contribution in [2.24, 2.45) is 0 Å². The van der Waals surface area contributed by atoms with E-state index >= 15 is 0 Å². The van der Waals surface area contributed by atoms with E-state index in [2.05, 4.69) is 29.6 Å². The lowest BCUT2D eigenvalue weighted by Gasteiger charge is -2.52. The molecule has 0 spiro atoms. The van der Waals surface area contributed by atoms with Gasteiger partial charge in [0.1, 0.15) is 12.2 Å². The van der Waals surface area contributed by atoms with Crippen molar-refractivity contribution in [3.8, 4) is 0 Å². The van der Waals surface area contributed by atoms with E-state index in [-0.39, 0.29) is 30.8 Å². The summed E-state index contributed by atoms with van der Waals surface area (Å²) in [6.45, 7) is 1.35. The van der Waals surface area contributed by atoms with E-state index in [9.17, 15) is 14.4 Å². The first-order chi connectivity index (χ1) is 19.6. The third-order valence-electron chi connectivity index (χ3n) is 7.86. The highest BCUT2D eigenvalue weighted by molar-refractivity contribution is 5.92. The number of fused-ring (bicyclic) bond motifs is 2. The van der Waals surface area contributed by atoms with Gasteiger partial charge in [0.15, 0.2) is 0 Å². The van der Waals surface area contributed by atoms with Gasteiger partial charge in [-0.05, 0) is 33.5 Å². The summed E-state index contributed by atoms with van der Waals surface area (Å²) in [6.07, 6.45) is 0.0107. The largest absolute Gasteiger partial charge is 0.334 e. The predicted octanol–water partition coefficient (Wildman–Crippen LogP) is 4.36. The van der Waals surface area contributed by atoms with Crippen molar-refractivity contribution in [3.05, 3.63) is 120 Å². The Balaban J connectivity index is 1.31. The molecule has 4 aromatic rings. The molecule has 2 saturated heterocycles. The number of rotatable bonds is 6. The number of benzene rings is 4. The van der Waals surface area contributed by atoms with Crippen molar-refractivity contribution < 1.29 is 14.4 Å². The number of hydrogen-bond acceptors (Lipinski definition) is 3. The van der Waals surface area contributed by atoms with Crippen LogP contribution in [0.4, 0.5) is 4.79 Å². The lowest BCUT2D eigenvalue weighted by Crippen LogP contribution is -2.72. The van der Waals surface area contributed by atoms with E-state index in [1.165, 1.54) is 0 Å². The number of amides is 4. The fourth-order valence-corrected chi connectivity index (χ4v) is 5.85. The van der Waals surface area contributed by atoms with E-state index in [4.69, 9.17) is 0 Å². The molecule has 2 aliphatic heterocycles. The van der Waals surface area contributed by atoms with Gasteiger partial charge in [-0.2, -0.15) is 0 Å². The van der Waals surface area contributed by atoms with E-state index in [0.29, 0.717) is 26.1 Å². The van der Waals surface area contributed by atoms with Crippen LogP contribution in [0.15, 0.2) is 97.1 Å². The Morgan fingerprint density at radius 3 is 2.45 bits per heavy atom. The highest BCUT2D eigenvalue weighted by Crippen LogP contribution is 2.30. The van der Waals surface area contributed by atoms with Gasteiger partial charge in [-0.1, -0.05) is 97.1 Å². The molecule has 0 bridgehead atoms.